The Hall–Kier alpha value is -1.62. The van der Waals surface area contributed by atoms with Gasteiger partial charge in [0.1, 0.15) is 11.5 Å². The second-order valence-electron chi connectivity index (χ2n) is 5.59. The van der Waals surface area contributed by atoms with Crippen molar-refractivity contribution >= 4 is 11.7 Å². The van der Waals surface area contributed by atoms with E-state index in [2.05, 4.69) is 34.4 Å². The number of amides is 1. The molecular weight excluding hydrogens is 264 g/mol. The molecule has 0 aromatic carbocycles. The van der Waals surface area contributed by atoms with Gasteiger partial charge >= 0.3 is 0 Å². The highest BCUT2D eigenvalue weighted by molar-refractivity contribution is 5.92. The number of likely N-dealkylation sites (tertiary alicyclic amines) is 1. The molecule has 1 fully saturated rings. The first-order chi connectivity index (χ1) is 10.2. The molecule has 2 heterocycles. The minimum absolute atomic E-state index is 0.0786. The number of hydrogen-bond donors (Lipinski definition) is 2. The zero-order valence-electron chi connectivity index (χ0n) is 13.1. The van der Waals surface area contributed by atoms with E-state index in [4.69, 9.17) is 0 Å². The van der Waals surface area contributed by atoms with Gasteiger partial charge in [0.15, 0.2) is 0 Å². The molecule has 1 aromatic rings. The second-order valence-corrected chi connectivity index (χ2v) is 5.59. The van der Waals surface area contributed by atoms with Crippen LogP contribution in [0.4, 0.5) is 5.82 Å². The summed E-state index contributed by atoms with van der Waals surface area (Å²) in [7, 11) is 0. The van der Waals surface area contributed by atoms with Crippen LogP contribution in [0.3, 0.4) is 0 Å². The molecule has 1 aliphatic rings. The van der Waals surface area contributed by atoms with Crippen molar-refractivity contribution in [3.63, 3.8) is 0 Å². The Morgan fingerprint density at radius 1 is 1.43 bits per heavy atom. The van der Waals surface area contributed by atoms with E-state index in [0.29, 0.717) is 11.6 Å². The molecule has 1 atom stereocenters. The summed E-state index contributed by atoms with van der Waals surface area (Å²) >= 11 is 0. The van der Waals surface area contributed by atoms with Gasteiger partial charge < -0.3 is 15.5 Å². The van der Waals surface area contributed by atoms with Gasteiger partial charge in [-0.3, -0.25) is 4.79 Å². The third-order valence-corrected chi connectivity index (χ3v) is 3.91. The average Bonchev–Trinajstić information content (AvgIpc) is 2.99. The Labute approximate surface area is 127 Å². The maximum absolute atomic E-state index is 12.2. The summed E-state index contributed by atoms with van der Waals surface area (Å²) in [6.45, 7) is 9.21. The van der Waals surface area contributed by atoms with Gasteiger partial charge in [0.05, 0.1) is 0 Å². The molecule has 0 aliphatic carbocycles. The molecule has 0 saturated carbocycles. The molecule has 0 bridgehead atoms. The number of pyridine rings is 1. The van der Waals surface area contributed by atoms with Gasteiger partial charge in [-0.25, -0.2) is 4.98 Å². The molecule has 1 aliphatic heterocycles. The van der Waals surface area contributed by atoms with Crippen molar-refractivity contribution in [1.29, 1.82) is 0 Å². The SMILES string of the molecule is CCCNc1cccc(C(=O)NCC2CCN(CC)C2)n1. The molecule has 21 heavy (non-hydrogen) atoms. The van der Waals surface area contributed by atoms with E-state index in [9.17, 15) is 4.79 Å². The van der Waals surface area contributed by atoms with Crippen molar-refractivity contribution in [2.45, 2.75) is 26.7 Å². The molecular formula is C16H26N4O. The lowest BCUT2D eigenvalue weighted by Gasteiger charge is -2.13. The highest BCUT2D eigenvalue weighted by atomic mass is 16.1. The number of carbonyl (C=O) groups excluding carboxylic acids is 1. The maximum Gasteiger partial charge on any atom is 0.269 e. The van der Waals surface area contributed by atoms with Crippen LogP contribution < -0.4 is 10.6 Å². The van der Waals surface area contributed by atoms with Crippen LogP contribution in [-0.4, -0.2) is 48.5 Å². The van der Waals surface area contributed by atoms with Gasteiger partial charge in [-0.05, 0) is 44.0 Å². The van der Waals surface area contributed by atoms with Crippen LogP contribution in [0, 0.1) is 5.92 Å². The zero-order valence-corrected chi connectivity index (χ0v) is 13.1. The smallest absolute Gasteiger partial charge is 0.269 e. The van der Waals surface area contributed by atoms with E-state index < -0.39 is 0 Å². The van der Waals surface area contributed by atoms with Crippen molar-refractivity contribution < 1.29 is 4.79 Å². The quantitative estimate of drug-likeness (QED) is 0.806. The van der Waals surface area contributed by atoms with Crippen LogP contribution >= 0.6 is 0 Å². The number of carbonyl (C=O) groups is 1. The van der Waals surface area contributed by atoms with E-state index in [-0.39, 0.29) is 5.91 Å². The van der Waals surface area contributed by atoms with Gasteiger partial charge in [-0.1, -0.05) is 19.9 Å². The predicted octanol–water partition coefficient (Wildman–Crippen LogP) is 1.98. The predicted molar refractivity (Wildman–Crippen MR) is 85.6 cm³/mol. The molecule has 2 N–H and O–H groups in total. The molecule has 116 valence electrons. The molecule has 1 unspecified atom stereocenters. The molecule has 0 radical (unpaired) electrons. The van der Waals surface area contributed by atoms with Crippen LogP contribution in [-0.2, 0) is 0 Å². The summed E-state index contributed by atoms with van der Waals surface area (Å²) in [5.74, 6) is 1.25. The summed E-state index contributed by atoms with van der Waals surface area (Å²) in [6.07, 6.45) is 2.20. The summed E-state index contributed by atoms with van der Waals surface area (Å²) in [4.78, 5) is 18.9. The maximum atomic E-state index is 12.2. The summed E-state index contributed by atoms with van der Waals surface area (Å²) < 4.78 is 0. The van der Waals surface area contributed by atoms with E-state index in [0.717, 1.165) is 45.0 Å². The lowest BCUT2D eigenvalue weighted by atomic mass is 10.1. The number of nitrogens with one attached hydrogen (secondary N) is 2. The van der Waals surface area contributed by atoms with Gasteiger partial charge in [0.25, 0.3) is 5.91 Å². The fourth-order valence-electron chi connectivity index (χ4n) is 2.61. The minimum Gasteiger partial charge on any atom is -0.370 e. The third-order valence-electron chi connectivity index (χ3n) is 3.91. The number of anilines is 1. The van der Waals surface area contributed by atoms with Gasteiger partial charge in [-0.2, -0.15) is 0 Å². The van der Waals surface area contributed by atoms with Gasteiger partial charge in [0, 0.05) is 19.6 Å². The summed E-state index contributed by atoms with van der Waals surface area (Å²) in [6, 6.07) is 5.52. The van der Waals surface area contributed by atoms with Crippen LogP contribution in [0.1, 0.15) is 37.2 Å². The van der Waals surface area contributed by atoms with Crippen molar-refractivity contribution in [3.05, 3.63) is 23.9 Å². The zero-order chi connectivity index (χ0) is 15.1. The summed E-state index contributed by atoms with van der Waals surface area (Å²) in [5.41, 5.74) is 0.487. The molecule has 5 heteroatoms. The van der Waals surface area contributed by atoms with Crippen molar-refractivity contribution in [2.75, 3.05) is 38.0 Å². The lowest BCUT2D eigenvalue weighted by molar-refractivity contribution is 0.0942. The van der Waals surface area contributed by atoms with E-state index in [1.165, 1.54) is 6.42 Å². The monoisotopic (exact) mass is 290 g/mol. The number of aromatic nitrogens is 1. The molecule has 1 aromatic heterocycles. The first-order valence-electron chi connectivity index (χ1n) is 7.94. The van der Waals surface area contributed by atoms with Crippen molar-refractivity contribution in [2.24, 2.45) is 5.92 Å². The summed E-state index contributed by atoms with van der Waals surface area (Å²) in [5, 5.41) is 6.22. The first kappa shape index (κ1) is 15.8. The molecule has 0 spiro atoms. The highest BCUT2D eigenvalue weighted by Gasteiger charge is 2.21. The van der Waals surface area contributed by atoms with Crippen LogP contribution in [0.15, 0.2) is 18.2 Å². The fourth-order valence-corrected chi connectivity index (χ4v) is 2.61. The average molecular weight is 290 g/mol. The second kappa shape index (κ2) is 7.98. The van der Waals surface area contributed by atoms with Crippen molar-refractivity contribution in [3.8, 4) is 0 Å². The lowest BCUT2D eigenvalue weighted by Crippen LogP contribution is -2.31. The Morgan fingerprint density at radius 2 is 2.29 bits per heavy atom. The van der Waals surface area contributed by atoms with E-state index >= 15 is 0 Å². The van der Waals surface area contributed by atoms with Crippen molar-refractivity contribution in [1.82, 2.24) is 15.2 Å². The topological polar surface area (TPSA) is 57.3 Å². The Morgan fingerprint density at radius 3 is 3.00 bits per heavy atom. The van der Waals surface area contributed by atoms with Gasteiger partial charge in [0.2, 0.25) is 0 Å². The Kier molecular flexibility index (Phi) is 5.99. The largest absolute Gasteiger partial charge is 0.370 e. The van der Waals surface area contributed by atoms with Crippen LogP contribution in [0.2, 0.25) is 0 Å². The molecule has 5 nitrogen and oxygen atoms in total. The van der Waals surface area contributed by atoms with E-state index in [1.54, 1.807) is 6.07 Å². The Balaban J connectivity index is 1.83. The number of hydrogen-bond acceptors (Lipinski definition) is 4. The number of rotatable bonds is 7. The minimum atomic E-state index is -0.0786. The number of nitrogens with zero attached hydrogens (tertiary/aromatic N) is 2. The molecule has 1 amide bonds. The van der Waals surface area contributed by atoms with E-state index in [1.807, 2.05) is 12.1 Å². The molecule has 1 saturated heterocycles. The van der Waals surface area contributed by atoms with Gasteiger partial charge in [-0.15, -0.1) is 0 Å². The molecule has 2 rings (SSSR count). The first-order valence-corrected chi connectivity index (χ1v) is 7.94. The fraction of sp³-hybridized carbons (Fsp3) is 0.625. The Bertz CT molecular complexity index is 463. The van der Waals surface area contributed by atoms with Crippen LogP contribution in [0.5, 0.6) is 0 Å². The van der Waals surface area contributed by atoms with Crippen LogP contribution in [0.25, 0.3) is 0 Å². The third kappa shape index (κ3) is 4.70. The standard InChI is InChI=1S/C16H26N4O/c1-3-9-17-15-7-5-6-14(19-15)16(21)18-11-13-8-10-20(4-2)12-13/h5-7,13H,3-4,8-12H2,1-2H3,(H,17,19)(H,18,21). The highest BCUT2D eigenvalue weighted by Crippen LogP contribution is 2.14. The normalized spacial score (nSPS) is 18.7.